The highest BCUT2D eigenvalue weighted by molar-refractivity contribution is 5.93. The Morgan fingerprint density at radius 3 is 2.56 bits per heavy atom. The Balaban J connectivity index is 2.04. The molecule has 1 N–H and O–H groups in total. The lowest BCUT2D eigenvalue weighted by Crippen LogP contribution is -2.22. The number of carbonyl (C=O) groups is 1. The van der Waals surface area contributed by atoms with Crippen LogP contribution in [0.15, 0.2) is 30.6 Å². The standard InChI is InChI=1S/C14H17N3O/c1-10-8-13(11(2)17(10)3)9-16-14(18)12-4-6-15-7-5-12/h4-8H,9H2,1-3H3,(H,16,18). The third-order valence-corrected chi connectivity index (χ3v) is 3.26. The van der Waals surface area contributed by atoms with E-state index in [1.807, 2.05) is 7.05 Å². The molecule has 0 atom stereocenters. The van der Waals surface area contributed by atoms with Crippen LogP contribution in [0.25, 0.3) is 0 Å². The Labute approximate surface area is 107 Å². The molecule has 2 aromatic heterocycles. The molecule has 0 bridgehead atoms. The molecule has 2 rings (SSSR count). The van der Waals surface area contributed by atoms with E-state index in [2.05, 4.69) is 34.8 Å². The van der Waals surface area contributed by atoms with Gasteiger partial charge in [0, 0.05) is 42.9 Å². The second-order valence-electron chi connectivity index (χ2n) is 4.37. The fourth-order valence-electron chi connectivity index (χ4n) is 1.89. The van der Waals surface area contributed by atoms with Gasteiger partial charge in [0.25, 0.3) is 5.91 Å². The van der Waals surface area contributed by atoms with Crippen LogP contribution < -0.4 is 5.32 Å². The zero-order valence-electron chi connectivity index (χ0n) is 10.9. The number of aromatic nitrogens is 2. The molecule has 0 unspecified atom stereocenters. The van der Waals surface area contributed by atoms with Gasteiger partial charge in [0.05, 0.1) is 0 Å². The highest BCUT2D eigenvalue weighted by atomic mass is 16.1. The normalized spacial score (nSPS) is 10.4. The molecule has 0 aliphatic rings. The average molecular weight is 243 g/mol. The van der Waals surface area contributed by atoms with Crippen molar-refractivity contribution in [2.24, 2.45) is 7.05 Å². The van der Waals surface area contributed by atoms with Gasteiger partial charge in [-0.2, -0.15) is 0 Å². The van der Waals surface area contributed by atoms with Crippen molar-refractivity contribution in [2.75, 3.05) is 0 Å². The third kappa shape index (κ3) is 2.42. The maximum atomic E-state index is 11.9. The quantitative estimate of drug-likeness (QED) is 0.895. The van der Waals surface area contributed by atoms with Crippen molar-refractivity contribution in [1.82, 2.24) is 14.9 Å². The molecule has 0 spiro atoms. The number of hydrogen-bond donors (Lipinski definition) is 1. The van der Waals surface area contributed by atoms with Crippen molar-refractivity contribution in [3.05, 3.63) is 53.1 Å². The molecular weight excluding hydrogens is 226 g/mol. The molecule has 4 heteroatoms. The van der Waals surface area contributed by atoms with Crippen molar-refractivity contribution in [3.8, 4) is 0 Å². The van der Waals surface area contributed by atoms with Crippen molar-refractivity contribution >= 4 is 5.91 Å². The third-order valence-electron chi connectivity index (χ3n) is 3.26. The largest absolute Gasteiger partial charge is 0.352 e. The predicted octanol–water partition coefficient (Wildman–Crippen LogP) is 1.97. The Bertz CT molecular complexity index is 558. The smallest absolute Gasteiger partial charge is 0.251 e. The number of nitrogens with one attached hydrogen (secondary N) is 1. The number of carbonyl (C=O) groups excluding carboxylic acids is 1. The van der Waals surface area contributed by atoms with Crippen molar-refractivity contribution in [2.45, 2.75) is 20.4 Å². The topological polar surface area (TPSA) is 46.9 Å². The SMILES string of the molecule is Cc1cc(CNC(=O)c2ccncc2)c(C)n1C. The molecule has 0 saturated carbocycles. The summed E-state index contributed by atoms with van der Waals surface area (Å²) in [6, 6.07) is 5.51. The summed E-state index contributed by atoms with van der Waals surface area (Å²) in [5.41, 5.74) is 4.16. The molecule has 0 aliphatic heterocycles. The van der Waals surface area contributed by atoms with E-state index in [-0.39, 0.29) is 5.91 Å². The second-order valence-corrected chi connectivity index (χ2v) is 4.37. The Morgan fingerprint density at radius 1 is 1.33 bits per heavy atom. The van der Waals surface area contributed by atoms with Gasteiger partial charge in [0.1, 0.15) is 0 Å². The molecule has 0 aromatic carbocycles. The monoisotopic (exact) mass is 243 g/mol. The van der Waals surface area contributed by atoms with Crippen LogP contribution in [-0.4, -0.2) is 15.5 Å². The molecule has 2 aromatic rings. The Kier molecular flexibility index (Phi) is 3.46. The number of rotatable bonds is 3. The lowest BCUT2D eigenvalue weighted by Gasteiger charge is -2.05. The van der Waals surface area contributed by atoms with E-state index < -0.39 is 0 Å². The summed E-state index contributed by atoms with van der Waals surface area (Å²) >= 11 is 0. The zero-order valence-corrected chi connectivity index (χ0v) is 10.9. The maximum absolute atomic E-state index is 11.9. The van der Waals surface area contributed by atoms with Gasteiger partial charge < -0.3 is 9.88 Å². The van der Waals surface area contributed by atoms with Crippen LogP contribution in [0.2, 0.25) is 0 Å². The van der Waals surface area contributed by atoms with E-state index in [9.17, 15) is 4.79 Å². The minimum atomic E-state index is -0.0710. The molecule has 4 nitrogen and oxygen atoms in total. The van der Waals surface area contributed by atoms with Gasteiger partial charge in [-0.15, -0.1) is 0 Å². The van der Waals surface area contributed by atoms with Gasteiger partial charge >= 0.3 is 0 Å². The summed E-state index contributed by atoms with van der Waals surface area (Å²) in [5.74, 6) is -0.0710. The molecule has 0 saturated heterocycles. The molecule has 2 heterocycles. The number of pyridine rings is 1. The van der Waals surface area contributed by atoms with Crippen LogP contribution in [0.1, 0.15) is 27.3 Å². The summed E-state index contributed by atoms with van der Waals surface area (Å²) in [5, 5.41) is 2.92. The van der Waals surface area contributed by atoms with E-state index in [1.54, 1.807) is 24.5 Å². The molecule has 18 heavy (non-hydrogen) atoms. The molecule has 94 valence electrons. The minimum absolute atomic E-state index is 0.0710. The van der Waals surface area contributed by atoms with E-state index in [0.717, 1.165) is 5.56 Å². The number of amides is 1. The first-order valence-corrected chi connectivity index (χ1v) is 5.89. The van der Waals surface area contributed by atoms with Gasteiger partial charge in [0.2, 0.25) is 0 Å². The highest BCUT2D eigenvalue weighted by Gasteiger charge is 2.08. The minimum Gasteiger partial charge on any atom is -0.352 e. The first-order chi connectivity index (χ1) is 8.59. The first-order valence-electron chi connectivity index (χ1n) is 5.89. The fourth-order valence-corrected chi connectivity index (χ4v) is 1.89. The summed E-state index contributed by atoms with van der Waals surface area (Å²) < 4.78 is 2.12. The van der Waals surface area contributed by atoms with Crippen molar-refractivity contribution in [1.29, 1.82) is 0 Å². The lowest BCUT2D eigenvalue weighted by atomic mass is 10.2. The molecule has 1 amide bonds. The van der Waals surface area contributed by atoms with Gasteiger partial charge in [-0.25, -0.2) is 0 Å². The maximum Gasteiger partial charge on any atom is 0.251 e. The second kappa shape index (κ2) is 5.04. The molecule has 0 radical (unpaired) electrons. The van der Waals surface area contributed by atoms with Crippen LogP contribution in [0, 0.1) is 13.8 Å². The van der Waals surface area contributed by atoms with Crippen LogP contribution in [0.4, 0.5) is 0 Å². The van der Waals surface area contributed by atoms with Crippen LogP contribution in [-0.2, 0) is 13.6 Å². The summed E-state index contributed by atoms with van der Waals surface area (Å²) in [6.45, 7) is 4.66. The van der Waals surface area contributed by atoms with E-state index in [1.165, 1.54) is 11.4 Å². The average Bonchev–Trinajstić information content (AvgIpc) is 2.64. The van der Waals surface area contributed by atoms with Crippen molar-refractivity contribution < 1.29 is 4.79 Å². The highest BCUT2D eigenvalue weighted by Crippen LogP contribution is 2.12. The van der Waals surface area contributed by atoms with E-state index in [4.69, 9.17) is 0 Å². The molecule has 0 fully saturated rings. The van der Waals surface area contributed by atoms with Crippen LogP contribution in [0.3, 0.4) is 0 Å². The van der Waals surface area contributed by atoms with Gasteiger partial charge in [-0.05, 0) is 37.6 Å². The van der Waals surface area contributed by atoms with Crippen LogP contribution in [0.5, 0.6) is 0 Å². The molecular formula is C14H17N3O. The lowest BCUT2D eigenvalue weighted by molar-refractivity contribution is 0.0951. The Morgan fingerprint density at radius 2 is 2.00 bits per heavy atom. The first kappa shape index (κ1) is 12.4. The summed E-state index contributed by atoms with van der Waals surface area (Å²) in [4.78, 5) is 15.8. The van der Waals surface area contributed by atoms with Gasteiger partial charge in [-0.3, -0.25) is 9.78 Å². The summed E-state index contributed by atoms with van der Waals surface area (Å²) in [6.07, 6.45) is 3.24. The predicted molar refractivity (Wildman–Crippen MR) is 70.3 cm³/mol. The number of hydrogen-bond acceptors (Lipinski definition) is 2. The zero-order chi connectivity index (χ0) is 13.1. The molecule has 0 aliphatic carbocycles. The number of nitrogens with zero attached hydrogens (tertiary/aromatic N) is 2. The summed E-state index contributed by atoms with van der Waals surface area (Å²) in [7, 11) is 2.03. The van der Waals surface area contributed by atoms with Crippen molar-refractivity contribution in [3.63, 3.8) is 0 Å². The van der Waals surface area contributed by atoms with E-state index >= 15 is 0 Å². The van der Waals surface area contributed by atoms with Gasteiger partial charge in [0.15, 0.2) is 0 Å². The van der Waals surface area contributed by atoms with E-state index in [0.29, 0.717) is 12.1 Å². The number of aryl methyl sites for hydroxylation is 1. The van der Waals surface area contributed by atoms with Gasteiger partial charge in [-0.1, -0.05) is 0 Å². The Hall–Kier alpha value is -2.10. The van der Waals surface area contributed by atoms with Crippen LogP contribution >= 0.6 is 0 Å². The fraction of sp³-hybridized carbons (Fsp3) is 0.286.